The number of hydrogen-bond acceptors (Lipinski definition) is 8. The van der Waals surface area contributed by atoms with Crippen LogP contribution in [0.15, 0.2) is 58.3 Å². The molecule has 5 heterocycles. The molecule has 8 nitrogen and oxygen atoms in total. The zero-order valence-corrected chi connectivity index (χ0v) is 22.2. The number of nitrogens with zero attached hydrogens (tertiary/aromatic N) is 5. The van der Waals surface area contributed by atoms with Crippen LogP contribution in [0.25, 0.3) is 5.70 Å². The number of aromatic nitrogens is 2. The average Bonchev–Trinajstić information content (AvgIpc) is 3.26. The summed E-state index contributed by atoms with van der Waals surface area (Å²) in [6, 6.07) is 6.91. The lowest BCUT2D eigenvalue weighted by atomic mass is 9.98. The molecule has 0 saturated carbocycles. The van der Waals surface area contributed by atoms with Crippen LogP contribution in [0.1, 0.15) is 37.8 Å². The van der Waals surface area contributed by atoms with Crippen molar-refractivity contribution in [1.29, 1.82) is 0 Å². The molecule has 0 amide bonds. The van der Waals surface area contributed by atoms with Crippen LogP contribution in [-0.4, -0.2) is 64.9 Å². The summed E-state index contributed by atoms with van der Waals surface area (Å²) >= 11 is 6.83. The molecule has 1 aromatic carbocycles. The van der Waals surface area contributed by atoms with E-state index >= 15 is 0 Å². The molecule has 2 saturated heterocycles. The highest BCUT2D eigenvalue weighted by molar-refractivity contribution is 6.38. The Kier molecular flexibility index (Phi) is 6.55. The molecule has 2 atom stereocenters. The van der Waals surface area contributed by atoms with E-state index < -0.39 is 17.5 Å². The van der Waals surface area contributed by atoms with Gasteiger partial charge in [0.05, 0.1) is 34.6 Å². The summed E-state index contributed by atoms with van der Waals surface area (Å²) in [4.78, 5) is 17.8. The minimum atomic E-state index is -4.51. The molecule has 0 N–H and O–H groups in total. The number of amidine groups is 1. The number of ether oxygens (including phenoxy) is 3. The van der Waals surface area contributed by atoms with Gasteiger partial charge in [0.1, 0.15) is 18.5 Å². The van der Waals surface area contributed by atoms with Crippen molar-refractivity contribution in [3.8, 4) is 6.01 Å². The van der Waals surface area contributed by atoms with Crippen molar-refractivity contribution in [1.82, 2.24) is 14.9 Å². The molecule has 0 radical (unpaired) electrons. The zero-order valence-electron chi connectivity index (χ0n) is 21.4. The first-order valence-electron chi connectivity index (χ1n) is 12.8. The topological polar surface area (TPSA) is 72.3 Å². The molecule has 4 aliphatic heterocycles. The maximum atomic E-state index is 13.6. The van der Waals surface area contributed by atoms with Gasteiger partial charge in [-0.05, 0) is 44.9 Å². The monoisotopic (exact) mass is 561 g/mol. The first-order valence-corrected chi connectivity index (χ1v) is 13.2. The normalized spacial score (nSPS) is 24.4. The second kappa shape index (κ2) is 9.79. The Morgan fingerprint density at radius 1 is 1.23 bits per heavy atom. The molecule has 2 bridgehead atoms. The van der Waals surface area contributed by atoms with Gasteiger partial charge in [-0.2, -0.15) is 18.2 Å². The van der Waals surface area contributed by atoms with Crippen LogP contribution in [0.3, 0.4) is 0 Å². The van der Waals surface area contributed by atoms with Crippen LogP contribution in [0, 0.1) is 0 Å². The summed E-state index contributed by atoms with van der Waals surface area (Å²) in [6.07, 6.45) is 0.442. The third kappa shape index (κ3) is 5.22. The van der Waals surface area contributed by atoms with E-state index in [4.69, 9.17) is 30.8 Å². The summed E-state index contributed by atoms with van der Waals surface area (Å²) < 4.78 is 58.1. The first kappa shape index (κ1) is 26.1. The molecule has 2 fully saturated rings. The minimum Gasteiger partial charge on any atom is -0.461 e. The van der Waals surface area contributed by atoms with E-state index in [0.717, 1.165) is 43.8 Å². The SMILES string of the molecule is CC1(C)OC[C@@H](COc2nccc(N3C4=N[C@H]5CCCN(C5)C4=CC(Cl)=C3c3cccc(C(F)(F)F)c3)n2)O1. The maximum absolute atomic E-state index is 13.6. The first-order chi connectivity index (χ1) is 18.6. The molecule has 1 aromatic heterocycles. The van der Waals surface area contributed by atoms with E-state index in [-0.39, 0.29) is 29.8 Å². The number of alkyl halides is 3. The zero-order chi connectivity index (χ0) is 27.4. The van der Waals surface area contributed by atoms with Crippen LogP contribution in [0.2, 0.25) is 0 Å². The minimum absolute atomic E-state index is 0.0634. The van der Waals surface area contributed by atoms with Gasteiger partial charge in [-0.15, -0.1) is 0 Å². The van der Waals surface area contributed by atoms with E-state index in [2.05, 4.69) is 14.9 Å². The van der Waals surface area contributed by atoms with E-state index in [1.807, 2.05) is 13.8 Å². The van der Waals surface area contributed by atoms with Gasteiger partial charge in [-0.25, -0.2) is 4.98 Å². The number of piperidine rings is 1. The fourth-order valence-electron chi connectivity index (χ4n) is 5.26. The van der Waals surface area contributed by atoms with Crippen LogP contribution in [-0.2, 0) is 15.7 Å². The van der Waals surface area contributed by atoms with Gasteiger partial charge in [-0.1, -0.05) is 23.7 Å². The smallest absolute Gasteiger partial charge is 0.416 e. The molecule has 2 aromatic rings. The molecule has 206 valence electrons. The Labute approximate surface area is 228 Å². The van der Waals surface area contributed by atoms with E-state index in [1.54, 1.807) is 23.1 Å². The number of rotatable bonds is 5. The van der Waals surface area contributed by atoms with Crippen molar-refractivity contribution in [2.75, 3.05) is 31.2 Å². The Bertz CT molecular complexity index is 1380. The van der Waals surface area contributed by atoms with Gasteiger partial charge in [0, 0.05) is 30.9 Å². The lowest BCUT2D eigenvalue weighted by Crippen LogP contribution is -2.49. The highest BCUT2D eigenvalue weighted by Crippen LogP contribution is 2.41. The largest absolute Gasteiger partial charge is 0.461 e. The van der Waals surface area contributed by atoms with Crippen LogP contribution < -0.4 is 9.64 Å². The predicted octanol–water partition coefficient (Wildman–Crippen LogP) is 5.21. The Morgan fingerprint density at radius 3 is 2.85 bits per heavy atom. The molecular formula is C27H27ClF3N5O3. The summed E-state index contributed by atoms with van der Waals surface area (Å²) in [5.74, 6) is 0.267. The lowest BCUT2D eigenvalue weighted by molar-refractivity contribution is -0.141. The Balaban J connectivity index is 1.40. The third-order valence-electron chi connectivity index (χ3n) is 6.97. The predicted molar refractivity (Wildman–Crippen MR) is 139 cm³/mol. The highest BCUT2D eigenvalue weighted by atomic mass is 35.5. The van der Waals surface area contributed by atoms with Gasteiger partial charge in [0.25, 0.3) is 0 Å². The van der Waals surface area contributed by atoms with Crippen LogP contribution >= 0.6 is 11.6 Å². The summed E-state index contributed by atoms with van der Waals surface area (Å²) in [5.41, 5.74) is 0.682. The number of fused-ring (bicyclic) bond motifs is 4. The maximum Gasteiger partial charge on any atom is 0.416 e. The standard InChI is InChI=1S/C27H27ClF3N5O3/c1-26(2)38-15-19(39-26)14-37-25-32-9-8-22(34-25)36-23(16-5-3-6-17(11-16)27(29,30)31)20(28)12-21-24(36)33-18-7-4-10-35(21)13-18/h3,5-6,8-9,11-12,18-19H,4,7,10,13-15H2,1-2H3/t18-,19+/m0/s1. The van der Waals surface area contributed by atoms with Crippen molar-refractivity contribution in [3.63, 3.8) is 0 Å². The van der Waals surface area contributed by atoms with Gasteiger partial charge >= 0.3 is 12.2 Å². The molecule has 0 aliphatic carbocycles. The summed E-state index contributed by atoms with van der Waals surface area (Å²) in [5, 5.41) is 0.284. The quantitative estimate of drug-likeness (QED) is 0.496. The second-order valence-corrected chi connectivity index (χ2v) is 10.7. The Hall–Kier alpha value is -3.15. The van der Waals surface area contributed by atoms with E-state index in [9.17, 15) is 13.2 Å². The van der Waals surface area contributed by atoms with Crippen molar-refractivity contribution in [2.45, 2.75) is 50.8 Å². The fourth-order valence-corrected chi connectivity index (χ4v) is 5.56. The molecular weight excluding hydrogens is 535 g/mol. The molecule has 6 rings (SSSR count). The summed E-state index contributed by atoms with van der Waals surface area (Å²) in [6.45, 7) is 5.81. The van der Waals surface area contributed by atoms with Gasteiger partial charge in [0.2, 0.25) is 0 Å². The molecule has 4 aliphatic rings. The third-order valence-corrected chi connectivity index (χ3v) is 7.26. The van der Waals surface area contributed by atoms with Crippen LogP contribution in [0.5, 0.6) is 6.01 Å². The number of allylic oxidation sites excluding steroid dienone is 2. The van der Waals surface area contributed by atoms with Crippen molar-refractivity contribution in [3.05, 3.63) is 64.5 Å². The molecule has 0 unspecified atom stereocenters. The Morgan fingerprint density at radius 2 is 2.08 bits per heavy atom. The molecule has 39 heavy (non-hydrogen) atoms. The van der Waals surface area contributed by atoms with Gasteiger partial charge in [-0.3, -0.25) is 9.89 Å². The van der Waals surface area contributed by atoms with E-state index in [1.165, 1.54) is 12.3 Å². The molecule has 12 heteroatoms. The lowest BCUT2D eigenvalue weighted by Gasteiger charge is -2.44. The van der Waals surface area contributed by atoms with Gasteiger partial charge < -0.3 is 19.1 Å². The number of anilines is 1. The van der Waals surface area contributed by atoms with Crippen molar-refractivity contribution < 1.29 is 27.4 Å². The fraction of sp³-hybridized carbons (Fsp3) is 0.444. The van der Waals surface area contributed by atoms with Crippen LogP contribution in [0.4, 0.5) is 19.0 Å². The number of benzene rings is 1. The van der Waals surface area contributed by atoms with Gasteiger partial charge in [0.15, 0.2) is 11.6 Å². The average molecular weight is 562 g/mol. The summed E-state index contributed by atoms with van der Waals surface area (Å²) in [7, 11) is 0. The van der Waals surface area contributed by atoms with Crippen molar-refractivity contribution >= 4 is 29.0 Å². The van der Waals surface area contributed by atoms with E-state index in [0.29, 0.717) is 29.5 Å². The highest BCUT2D eigenvalue weighted by Gasteiger charge is 2.39. The second-order valence-electron chi connectivity index (χ2n) is 10.3. The van der Waals surface area contributed by atoms with Crippen molar-refractivity contribution in [2.24, 2.45) is 4.99 Å². The number of aliphatic imine (C=N–C) groups is 1. The molecule has 0 spiro atoms. The number of hydrogen-bond donors (Lipinski definition) is 0. The number of halogens is 4.